The van der Waals surface area contributed by atoms with Crippen LogP contribution in [-0.2, 0) is 9.53 Å². The van der Waals surface area contributed by atoms with Crippen molar-refractivity contribution in [3.05, 3.63) is 35.9 Å². The third-order valence-corrected chi connectivity index (χ3v) is 2.25. The minimum atomic E-state index is -0.335. The van der Waals surface area contributed by atoms with Gasteiger partial charge in [0, 0.05) is 11.9 Å². The van der Waals surface area contributed by atoms with E-state index >= 15 is 0 Å². The molecule has 0 saturated heterocycles. The number of carbonyl (C=O) groups is 1. The lowest BCUT2D eigenvalue weighted by molar-refractivity contribution is -0.139. The third kappa shape index (κ3) is 3.06. The van der Waals surface area contributed by atoms with E-state index in [1.165, 1.54) is 0 Å². The van der Waals surface area contributed by atoms with Crippen LogP contribution >= 0.6 is 0 Å². The van der Waals surface area contributed by atoms with Crippen molar-refractivity contribution >= 4 is 12.2 Å². The zero-order valence-corrected chi connectivity index (χ0v) is 10.6. The van der Waals surface area contributed by atoms with E-state index in [1.54, 1.807) is 24.2 Å². The van der Waals surface area contributed by atoms with Crippen LogP contribution < -0.4 is 0 Å². The van der Waals surface area contributed by atoms with Crippen molar-refractivity contribution in [2.75, 3.05) is 6.61 Å². The first-order valence-corrected chi connectivity index (χ1v) is 5.68. The molecule has 0 aromatic rings. The number of allylic oxidation sites excluding steroid dienone is 3. The van der Waals surface area contributed by atoms with Gasteiger partial charge in [0.15, 0.2) is 0 Å². The molecule has 0 atom stereocenters. The Morgan fingerprint density at radius 1 is 1.59 bits per heavy atom. The molecule has 1 rings (SSSR count). The maximum Gasteiger partial charge on any atom is 0.354 e. The van der Waals surface area contributed by atoms with E-state index in [4.69, 9.17) is 4.74 Å². The van der Waals surface area contributed by atoms with Gasteiger partial charge >= 0.3 is 5.97 Å². The Hall–Kier alpha value is -1.84. The highest BCUT2D eigenvalue weighted by atomic mass is 16.5. The second-order valence-corrected chi connectivity index (χ2v) is 3.59. The summed E-state index contributed by atoms with van der Waals surface area (Å²) in [5, 5.41) is 0. The summed E-state index contributed by atoms with van der Waals surface area (Å²) in [5.41, 5.74) is 2.02. The summed E-state index contributed by atoms with van der Waals surface area (Å²) in [5.74, 6) is -0.335. The molecule has 0 fully saturated rings. The van der Waals surface area contributed by atoms with Crippen LogP contribution in [-0.4, -0.2) is 23.7 Å². The van der Waals surface area contributed by atoms with E-state index in [0.29, 0.717) is 18.0 Å². The van der Waals surface area contributed by atoms with Crippen molar-refractivity contribution < 1.29 is 9.53 Å². The molecule has 4 nitrogen and oxygen atoms in total. The summed E-state index contributed by atoms with van der Waals surface area (Å²) >= 11 is 0. The van der Waals surface area contributed by atoms with Crippen LogP contribution in [0.1, 0.15) is 27.2 Å². The Balaban J connectivity index is 3.03. The number of hydrogen-bond acceptors (Lipinski definition) is 4. The molecule has 4 heteroatoms. The monoisotopic (exact) mass is 234 g/mol. The largest absolute Gasteiger partial charge is 0.461 e. The highest BCUT2D eigenvalue weighted by Gasteiger charge is 2.22. The van der Waals surface area contributed by atoms with E-state index in [-0.39, 0.29) is 5.97 Å². The van der Waals surface area contributed by atoms with Crippen LogP contribution in [0, 0.1) is 0 Å². The average Bonchev–Trinajstić information content (AvgIpc) is 2.28. The van der Waals surface area contributed by atoms with E-state index in [2.05, 4.69) is 11.6 Å². The molecule has 0 aliphatic carbocycles. The molecular weight excluding hydrogens is 216 g/mol. The molecule has 0 unspecified atom stereocenters. The Morgan fingerprint density at radius 3 is 2.82 bits per heavy atom. The summed E-state index contributed by atoms with van der Waals surface area (Å²) in [4.78, 5) is 17.7. The molecule has 0 bridgehead atoms. The van der Waals surface area contributed by atoms with Crippen LogP contribution in [0.4, 0.5) is 0 Å². The molecule has 0 aromatic carbocycles. The number of esters is 1. The molecule has 1 heterocycles. The van der Waals surface area contributed by atoms with E-state index in [1.807, 2.05) is 19.9 Å². The van der Waals surface area contributed by atoms with Crippen molar-refractivity contribution in [2.24, 2.45) is 4.99 Å². The molecule has 17 heavy (non-hydrogen) atoms. The summed E-state index contributed by atoms with van der Waals surface area (Å²) in [7, 11) is 0. The predicted octanol–water partition coefficient (Wildman–Crippen LogP) is 2.60. The standard InChI is InChI=1S/C13H18N2O2/c1-5-7-12(13(16)17-6-2)15-10(3)8-14-9-11(15)4/h7-9H,3,5-6H2,1-2,4H3/b12-7-. The lowest BCUT2D eigenvalue weighted by Crippen LogP contribution is -2.28. The lowest BCUT2D eigenvalue weighted by atomic mass is 10.2. The van der Waals surface area contributed by atoms with Crippen molar-refractivity contribution in [2.45, 2.75) is 27.2 Å². The van der Waals surface area contributed by atoms with E-state index < -0.39 is 0 Å². The third-order valence-electron chi connectivity index (χ3n) is 2.25. The summed E-state index contributed by atoms with van der Waals surface area (Å²) in [6.45, 7) is 9.88. The van der Waals surface area contributed by atoms with Gasteiger partial charge in [-0.2, -0.15) is 0 Å². The summed E-state index contributed by atoms with van der Waals surface area (Å²) in [6.07, 6.45) is 5.90. The smallest absolute Gasteiger partial charge is 0.354 e. The fraction of sp³-hybridized carbons (Fsp3) is 0.385. The number of aliphatic imine (C=N–C) groups is 1. The summed E-state index contributed by atoms with van der Waals surface area (Å²) < 4.78 is 5.04. The van der Waals surface area contributed by atoms with Gasteiger partial charge in [0.05, 0.1) is 18.5 Å². The Bertz CT molecular complexity index is 406. The average molecular weight is 234 g/mol. The number of carbonyl (C=O) groups excluding carboxylic acids is 1. The molecule has 0 amide bonds. The lowest BCUT2D eigenvalue weighted by Gasteiger charge is -2.28. The van der Waals surface area contributed by atoms with Gasteiger partial charge in [-0.3, -0.25) is 4.99 Å². The van der Waals surface area contributed by atoms with E-state index in [0.717, 1.165) is 12.1 Å². The molecule has 1 aliphatic rings. The fourth-order valence-corrected chi connectivity index (χ4v) is 1.58. The zero-order valence-electron chi connectivity index (χ0n) is 10.6. The van der Waals surface area contributed by atoms with Gasteiger partial charge < -0.3 is 9.64 Å². The van der Waals surface area contributed by atoms with Gasteiger partial charge in [0.1, 0.15) is 5.70 Å². The SMILES string of the molecule is C=C1C=NC=C(C)N1/C(=C\CC)C(=O)OCC. The van der Waals surface area contributed by atoms with Crippen LogP contribution in [0.15, 0.2) is 40.9 Å². The van der Waals surface area contributed by atoms with Gasteiger partial charge in [-0.25, -0.2) is 4.79 Å². The van der Waals surface area contributed by atoms with Gasteiger partial charge in [0.25, 0.3) is 0 Å². The minimum absolute atomic E-state index is 0.335. The van der Waals surface area contributed by atoms with Crippen molar-refractivity contribution in [1.29, 1.82) is 0 Å². The minimum Gasteiger partial charge on any atom is -0.461 e. The second-order valence-electron chi connectivity index (χ2n) is 3.59. The Morgan fingerprint density at radius 2 is 2.29 bits per heavy atom. The molecule has 0 radical (unpaired) electrons. The Kier molecular flexibility index (Phi) is 4.69. The zero-order chi connectivity index (χ0) is 12.8. The van der Waals surface area contributed by atoms with Crippen LogP contribution in [0.5, 0.6) is 0 Å². The van der Waals surface area contributed by atoms with Gasteiger partial charge in [-0.1, -0.05) is 19.6 Å². The molecule has 1 aliphatic heterocycles. The van der Waals surface area contributed by atoms with Crippen molar-refractivity contribution in [1.82, 2.24) is 4.90 Å². The first-order chi connectivity index (χ1) is 8.11. The maximum absolute atomic E-state index is 11.9. The first-order valence-electron chi connectivity index (χ1n) is 5.68. The highest BCUT2D eigenvalue weighted by Crippen LogP contribution is 2.22. The molecule has 0 saturated carbocycles. The number of nitrogens with zero attached hydrogens (tertiary/aromatic N) is 2. The second kappa shape index (κ2) is 6.03. The predicted molar refractivity (Wildman–Crippen MR) is 68.2 cm³/mol. The molecule has 0 N–H and O–H groups in total. The van der Waals surface area contributed by atoms with Crippen molar-refractivity contribution in [3.8, 4) is 0 Å². The fourth-order valence-electron chi connectivity index (χ4n) is 1.58. The molecule has 92 valence electrons. The Labute approximate surface area is 102 Å². The molecule has 0 aromatic heterocycles. The number of hydrogen-bond donors (Lipinski definition) is 0. The first kappa shape index (κ1) is 13.2. The highest BCUT2D eigenvalue weighted by molar-refractivity contribution is 5.91. The van der Waals surface area contributed by atoms with E-state index in [9.17, 15) is 4.79 Å². The maximum atomic E-state index is 11.9. The number of ether oxygens (including phenoxy) is 1. The molecule has 0 spiro atoms. The van der Waals surface area contributed by atoms with Crippen molar-refractivity contribution in [3.63, 3.8) is 0 Å². The van der Waals surface area contributed by atoms with Gasteiger partial charge in [0.2, 0.25) is 0 Å². The van der Waals surface area contributed by atoms with Crippen LogP contribution in [0.25, 0.3) is 0 Å². The normalized spacial score (nSPS) is 15.9. The number of rotatable bonds is 4. The molecular formula is C13H18N2O2. The quantitative estimate of drug-likeness (QED) is 0.554. The van der Waals surface area contributed by atoms with Crippen LogP contribution in [0.2, 0.25) is 0 Å². The summed E-state index contributed by atoms with van der Waals surface area (Å²) in [6, 6.07) is 0. The van der Waals surface area contributed by atoms with Gasteiger partial charge in [-0.15, -0.1) is 0 Å². The van der Waals surface area contributed by atoms with Gasteiger partial charge in [-0.05, 0) is 20.3 Å². The topological polar surface area (TPSA) is 41.9 Å². The van der Waals surface area contributed by atoms with Crippen LogP contribution in [0.3, 0.4) is 0 Å².